The quantitative estimate of drug-likeness (QED) is 0.584. The van der Waals surface area contributed by atoms with Crippen LogP contribution in [0, 0.1) is 0 Å². The largest absolute Gasteiger partial charge is 0.489 e. The molecule has 0 spiro atoms. The minimum Gasteiger partial charge on any atom is -0.489 e. The van der Waals surface area contributed by atoms with Gasteiger partial charge < -0.3 is 21.1 Å². The fourth-order valence-corrected chi connectivity index (χ4v) is 4.05. The highest BCUT2D eigenvalue weighted by Gasteiger charge is 2.20. The van der Waals surface area contributed by atoms with Crippen LogP contribution in [0.25, 0.3) is 0 Å². The maximum atomic E-state index is 6.25. The highest BCUT2D eigenvalue weighted by atomic mass is 79.9. The number of nitrogens with one attached hydrogen (secondary N) is 2. The van der Waals surface area contributed by atoms with E-state index in [-0.39, 0.29) is 6.04 Å². The maximum Gasteiger partial charge on any atom is 0.121 e. The number of halogens is 3. The Morgan fingerprint density at radius 1 is 1.19 bits per heavy atom. The highest BCUT2D eigenvalue weighted by molar-refractivity contribution is 9.10. The summed E-state index contributed by atoms with van der Waals surface area (Å²) in [5.41, 5.74) is 8.03. The van der Waals surface area contributed by atoms with Crippen LogP contribution in [0.1, 0.15) is 17.5 Å². The minimum absolute atomic E-state index is 0.264. The van der Waals surface area contributed by atoms with E-state index < -0.39 is 0 Å². The summed E-state index contributed by atoms with van der Waals surface area (Å²) in [7, 11) is 0. The summed E-state index contributed by atoms with van der Waals surface area (Å²) in [6.07, 6.45) is 1.01. The van der Waals surface area contributed by atoms with E-state index >= 15 is 0 Å². The Morgan fingerprint density at radius 2 is 2.04 bits per heavy atom. The van der Waals surface area contributed by atoms with Crippen LogP contribution < -0.4 is 21.1 Å². The van der Waals surface area contributed by atoms with Crippen LogP contribution in [0.3, 0.4) is 0 Å². The summed E-state index contributed by atoms with van der Waals surface area (Å²) in [5.74, 6) is 0.747. The van der Waals surface area contributed by atoms with Crippen molar-refractivity contribution in [1.82, 2.24) is 10.6 Å². The Balaban J connectivity index is 1.55. The molecule has 4 N–H and O–H groups in total. The van der Waals surface area contributed by atoms with Crippen molar-refractivity contribution in [3.63, 3.8) is 0 Å². The average Bonchev–Trinajstić information content (AvgIpc) is 2.99. The fraction of sp³-hybridized carbons (Fsp3) is 0.368. The summed E-state index contributed by atoms with van der Waals surface area (Å²) in [6, 6.07) is 12.1. The Hall–Kier alpha value is -0.820. The van der Waals surface area contributed by atoms with Crippen molar-refractivity contribution >= 4 is 39.1 Å². The summed E-state index contributed by atoms with van der Waals surface area (Å²) >= 11 is 15.7. The molecule has 2 aromatic carbocycles. The van der Waals surface area contributed by atoms with E-state index in [0.717, 1.165) is 47.4 Å². The smallest absolute Gasteiger partial charge is 0.121 e. The summed E-state index contributed by atoms with van der Waals surface area (Å²) in [4.78, 5) is 0. The van der Waals surface area contributed by atoms with Gasteiger partial charge in [0, 0.05) is 51.8 Å². The van der Waals surface area contributed by atoms with Gasteiger partial charge in [-0.1, -0.05) is 45.2 Å². The Morgan fingerprint density at radius 3 is 2.77 bits per heavy atom. The van der Waals surface area contributed by atoms with Gasteiger partial charge in [0.15, 0.2) is 0 Å². The molecule has 0 radical (unpaired) electrons. The molecule has 1 fully saturated rings. The molecule has 0 aliphatic carbocycles. The van der Waals surface area contributed by atoms with E-state index in [1.807, 2.05) is 36.4 Å². The van der Waals surface area contributed by atoms with Crippen molar-refractivity contribution < 1.29 is 4.74 Å². The summed E-state index contributed by atoms with van der Waals surface area (Å²) < 4.78 is 6.84. The monoisotopic (exact) mass is 457 g/mol. The molecule has 1 aliphatic heterocycles. The van der Waals surface area contributed by atoms with E-state index in [9.17, 15) is 0 Å². The van der Waals surface area contributed by atoms with Gasteiger partial charge in [-0.15, -0.1) is 0 Å². The van der Waals surface area contributed by atoms with Gasteiger partial charge in [0.2, 0.25) is 0 Å². The summed E-state index contributed by atoms with van der Waals surface area (Å²) in [6.45, 7) is 2.94. The van der Waals surface area contributed by atoms with Crippen LogP contribution in [0.2, 0.25) is 10.0 Å². The van der Waals surface area contributed by atoms with E-state index in [1.54, 1.807) is 0 Å². The molecule has 2 atom stereocenters. The average molecular weight is 459 g/mol. The van der Waals surface area contributed by atoms with Crippen molar-refractivity contribution in [1.29, 1.82) is 0 Å². The zero-order valence-electron chi connectivity index (χ0n) is 14.3. The molecule has 0 amide bonds. The Labute approximate surface area is 172 Å². The molecule has 2 aromatic rings. The maximum absolute atomic E-state index is 6.25. The summed E-state index contributed by atoms with van der Waals surface area (Å²) in [5, 5.41) is 8.22. The van der Waals surface area contributed by atoms with Crippen LogP contribution in [0.5, 0.6) is 5.75 Å². The fourth-order valence-electron chi connectivity index (χ4n) is 3.00. The number of rotatable bonds is 7. The SMILES string of the molecule is N[C@@H]1CN[C@@H](CNCc2cc(Cl)cc(OCc3ccc(Cl)cc3Br)c2)C1. The lowest BCUT2D eigenvalue weighted by Gasteiger charge is -2.13. The number of ether oxygens (including phenoxy) is 1. The topological polar surface area (TPSA) is 59.3 Å². The van der Waals surface area contributed by atoms with Crippen molar-refractivity contribution in [3.8, 4) is 5.75 Å². The number of benzene rings is 2. The first-order valence-corrected chi connectivity index (χ1v) is 10.1. The third kappa shape index (κ3) is 5.84. The van der Waals surface area contributed by atoms with Gasteiger partial charge in [0.1, 0.15) is 12.4 Å². The van der Waals surface area contributed by atoms with Crippen molar-refractivity contribution in [2.24, 2.45) is 5.73 Å². The third-order valence-corrected chi connectivity index (χ3v) is 5.51. The molecule has 0 bridgehead atoms. The van der Waals surface area contributed by atoms with Gasteiger partial charge in [-0.05, 0) is 42.3 Å². The molecule has 1 heterocycles. The van der Waals surface area contributed by atoms with Crippen LogP contribution in [0.15, 0.2) is 40.9 Å². The molecular weight excluding hydrogens is 437 g/mol. The van der Waals surface area contributed by atoms with Crippen molar-refractivity contribution in [3.05, 3.63) is 62.0 Å². The molecule has 0 saturated carbocycles. The van der Waals surface area contributed by atoms with Crippen molar-refractivity contribution in [2.45, 2.75) is 31.7 Å². The zero-order valence-corrected chi connectivity index (χ0v) is 17.4. The predicted molar refractivity (Wildman–Crippen MR) is 111 cm³/mol. The van der Waals surface area contributed by atoms with Gasteiger partial charge in [-0.3, -0.25) is 0 Å². The molecule has 140 valence electrons. The van der Waals surface area contributed by atoms with E-state index in [0.29, 0.717) is 22.7 Å². The van der Waals surface area contributed by atoms with E-state index in [4.69, 9.17) is 33.7 Å². The zero-order chi connectivity index (χ0) is 18.5. The van der Waals surface area contributed by atoms with Crippen LogP contribution in [-0.2, 0) is 13.2 Å². The van der Waals surface area contributed by atoms with Gasteiger partial charge >= 0.3 is 0 Å². The number of hydrogen-bond acceptors (Lipinski definition) is 4. The second-order valence-electron chi connectivity index (χ2n) is 6.55. The van der Waals surface area contributed by atoms with Gasteiger partial charge in [0.25, 0.3) is 0 Å². The van der Waals surface area contributed by atoms with Gasteiger partial charge in [0.05, 0.1) is 0 Å². The standard InChI is InChI=1S/C19H22BrCl2N3O/c20-19-6-14(21)2-1-13(19)11-26-18-4-12(3-15(22)5-18)8-24-10-17-7-16(23)9-25-17/h1-6,16-17,24-25H,7-11,23H2/t16-,17+/m0/s1. The van der Waals surface area contributed by atoms with Crippen LogP contribution in [0.4, 0.5) is 0 Å². The first kappa shape index (κ1) is 19.9. The third-order valence-electron chi connectivity index (χ3n) is 4.32. The molecule has 4 nitrogen and oxygen atoms in total. The first-order chi connectivity index (χ1) is 12.5. The molecular formula is C19H22BrCl2N3O. The lowest BCUT2D eigenvalue weighted by Crippen LogP contribution is -2.33. The molecule has 7 heteroatoms. The van der Waals surface area contributed by atoms with Crippen LogP contribution in [-0.4, -0.2) is 25.2 Å². The molecule has 1 saturated heterocycles. The lowest BCUT2D eigenvalue weighted by molar-refractivity contribution is 0.305. The Kier molecular flexibility index (Phi) is 7.20. The molecule has 1 aliphatic rings. The van der Waals surface area contributed by atoms with E-state index in [1.165, 1.54) is 0 Å². The van der Waals surface area contributed by atoms with Gasteiger partial charge in [-0.25, -0.2) is 0 Å². The van der Waals surface area contributed by atoms with Crippen molar-refractivity contribution in [2.75, 3.05) is 13.1 Å². The second-order valence-corrected chi connectivity index (χ2v) is 8.28. The molecule has 0 unspecified atom stereocenters. The van der Waals surface area contributed by atoms with Gasteiger partial charge in [-0.2, -0.15) is 0 Å². The Bertz CT molecular complexity index is 760. The van der Waals surface area contributed by atoms with E-state index in [2.05, 4.69) is 26.6 Å². The first-order valence-electron chi connectivity index (χ1n) is 8.55. The number of hydrogen-bond donors (Lipinski definition) is 3. The molecule has 3 rings (SSSR count). The number of nitrogens with two attached hydrogens (primary N) is 1. The second kappa shape index (κ2) is 9.40. The molecule has 0 aromatic heterocycles. The highest BCUT2D eigenvalue weighted by Crippen LogP contribution is 2.25. The van der Waals surface area contributed by atoms with Crippen LogP contribution >= 0.6 is 39.1 Å². The molecule has 26 heavy (non-hydrogen) atoms. The predicted octanol–water partition coefficient (Wildman–Crippen LogP) is 4.11. The lowest BCUT2D eigenvalue weighted by atomic mass is 10.1. The normalized spacial score (nSPS) is 19.7. The minimum atomic E-state index is 0.264.